The lowest BCUT2D eigenvalue weighted by Crippen LogP contribution is -1.78. The van der Waals surface area contributed by atoms with E-state index >= 15 is 0 Å². The summed E-state index contributed by atoms with van der Waals surface area (Å²) >= 11 is 4.47. The largest absolute Gasteiger partial charge is 0.333 e. The highest BCUT2D eigenvalue weighted by atomic mass is 127. The second kappa shape index (κ2) is 3.95. The number of aromatic nitrogens is 2. The van der Waals surface area contributed by atoms with Crippen molar-refractivity contribution in [3.8, 4) is 11.4 Å². The molecule has 0 fully saturated rings. The lowest BCUT2D eigenvalue weighted by Gasteiger charge is -1.93. The van der Waals surface area contributed by atoms with Crippen LogP contribution < -0.4 is 0 Å². The first-order chi connectivity index (χ1) is 6.27. The number of hydrogen-bond donors (Lipinski definition) is 1. The van der Waals surface area contributed by atoms with Gasteiger partial charge in [-0.1, -0.05) is 30.3 Å². The number of hydrogen-bond acceptors (Lipinski definition) is 1. The maximum atomic E-state index is 4.40. The van der Waals surface area contributed by atoms with E-state index in [1.165, 1.54) is 0 Å². The average molecular weight is 396 g/mol. The molecule has 1 aromatic heterocycles. The van der Waals surface area contributed by atoms with Crippen molar-refractivity contribution in [3.05, 3.63) is 37.7 Å². The van der Waals surface area contributed by atoms with E-state index in [-0.39, 0.29) is 0 Å². The topological polar surface area (TPSA) is 28.7 Å². The summed E-state index contributed by atoms with van der Waals surface area (Å²) in [6.07, 6.45) is 0. The van der Waals surface area contributed by atoms with Gasteiger partial charge in [-0.3, -0.25) is 0 Å². The first-order valence-electron chi connectivity index (χ1n) is 3.74. The standard InChI is InChI=1S/C9H6I2N2/c10-7-8(11)13-9(12-7)6-4-2-1-3-5-6/h1-5H,(H,12,13). The highest BCUT2D eigenvalue weighted by molar-refractivity contribution is 14.1. The summed E-state index contributed by atoms with van der Waals surface area (Å²) in [7, 11) is 0. The first-order valence-corrected chi connectivity index (χ1v) is 5.89. The van der Waals surface area contributed by atoms with E-state index in [0.29, 0.717) is 0 Å². The van der Waals surface area contributed by atoms with Crippen LogP contribution in [0.5, 0.6) is 0 Å². The summed E-state index contributed by atoms with van der Waals surface area (Å²) in [4.78, 5) is 7.63. The van der Waals surface area contributed by atoms with Crippen molar-refractivity contribution < 1.29 is 0 Å². The molecule has 0 spiro atoms. The molecule has 1 heterocycles. The van der Waals surface area contributed by atoms with Crippen molar-refractivity contribution in [2.24, 2.45) is 0 Å². The number of nitrogens with zero attached hydrogens (tertiary/aromatic N) is 1. The molecule has 4 heteroatoms. The molecule has 0 saturated heterocycles. The predicted molar refractivity (Wildman–Crippen MR) is 69.5 cm³/mol. The zero-order valence-electron chi connectivity index (χ0n) is 6.59. The van der Waals surface area contributed by atoms with E-state index in [2.05, 4.69) is 55.1 Å². The van der Waals surface area contributed by atoms with Crippen molar-refractivity contribution in [2.45, 2.75) is 0 Å². The third kappa shape index (κ3) is 2.04. The van der Waals surface area contributed by atoms with Gasteiger partial charge in [0.25, 0.3) is 0 Å². The Hall–Kier alpha value is -0.110. The van der Waals surface area contributed by atoms with Crippen LogP contribution in [0, 0.1) is 7.40 Å². The van der Waals surface area contributed by atoms with Crippen LogP contribution >= 0.6 is 45.2 Å². The summed E-state index contributed by atoms with van der Waals surface area (Å²) in [5.41, 5.74) is 1.13. The number of H-pyrrole nitrogens is 1. The van der Waals surface area contributed by atoms with Crippen LogP contribution in [0.3, 0.4) is 0 Å². The minimum Gasteiger partial charge on any atom is -0.333 e. The average Bonchev–Trinajstić information content (AvgIpc) is 2.49. The molecule has 2 rings (SSSR count). The van der Waals surface area contributed by atoms with Crippen LogP contribution in [0.15, 0.2) is 30.3 Å². The lowest BCUT2D eigenvalue weighted by molar-refractivity contribution is 1.29. The molecule has 0 unspecified atom stereocenters. The van der Waals surface area contributed by atoms with Gasteiger partial charge < -0.3 is 4.98 Å². The molecule has 1 aromatic carbocycles. The Morgan fingerprint density at radius 2 is 1.77 bits per heavy atom. The Kier molecular flexibility index (Phi) is 2.87. The van der Waals surface area contributed by atoms with E-state index in [1.54, 1.807) is 0 Å². The maximum Gasteiger partial charge on any atom is 0.139 e. The van der Waals surface area contributed by atoms with Crippen LogP contribution in [0.4, 0.5) is 0 Å². The van der Waals surface area contributed by atoms with Crippen LogP contribution in [0.2, 0.25) is 0 Å². The summed E-state index contributed by atoms with van der Waals surface area (Å²) in [6.45, 7) is 0. The highest BCUT2D eigenvalue weighted by Crippen LogP contribution is 2.19. The number of imidazole rings is 1. The van der Waals surface area contributed by atoms with Crippen molar-refractivity contribution in [1.29, 1.82) is 0 Å². The maximum absolute atomic E-state index is 4.40. The molecule has 66 valence electrons. The molecule has 0 aliphatic carbocycles. The van der Waals surface area contributed by atoms with Gasteiger partial charge >= 0.3 is 0 Å². The van der Waals surface area contributed by atoms with Crippen molar-refractivity contribution in [1.82, 2.24) is 9.97 Å². The molecule has 1 N–H and O–H groups in total. The third-order valence-electron chi connectivity index (χ3n) is 1.67. The predicted octanol–water partition coefficient (Wildman–Crippen LogP) is 3.29. The molecular weight excluding hydrogens is 390 g/mol. The highest BCUT2D eigenvalue weighted by Gasteiger charge is 2.05. The van der Waals surface area contributed by atoms with E-state index in [9.17, 15) is 0 Å². The number of nitrogens with one attached hydrogen (secondary N) is 1. The van der Waals surface area contributed by atoms with Crippen molar-refractivity contribution in [2.75, 3.05) is 0 Å². The SMILES string of the molecule is Ic1nc(-c2ccccc2)[nH]c1I. The summed E-state index contributed by atoms with van der Waals surface area (Å²) in [5.74, 6) is 0.939. The molecular formula is C9H6I2N2. The Labute approximate surface area is 103 Å². The fourth-order valence-electron chi connectivity index (χ4n) is 1.06. The van der Waals surface area contributed by atoms with Gasteiger partial charge in [-0.15, -0.1) is 0 Å². The molecule has 0 saturated carbocycles. The van der Waals surface area contributed by atoms with E-state index < -0.39 is 0 Å². The van der Waals surface area contributed by atoms with Gasteiger partial charge in [-0.25, -0.2) is 4.98 Å². The number of rotatable bonds is 1. The van der Waals surface area contributed by atoms with E-state index in [4.69, 9.17) is 0 Å². The van der Waals surface area contributed by atoms with Crippen LogP contribution in [-0.4, -0.2) is 9.97 Å². The summed E-state index contributed by atoms with van der Waals surface area (Å²) in [6, 6.07) is 10.1. The molecule has 2 aromatic rings. The van der Waals surface area contributed by atoms with Gasteiger partial charge in [0.1, 0.15) is 13.2 Å². The molecule has 0 atom stereocenters. The van der Waals surface area contributed by atoms with Crippen molar-refractivity contribution in [3.63, 3.8) is 0 Å². The first kappa shape index (κ1) is 9.45. The Bertz CT molecular complexity index is 389. The van der Waals surface area contributed by atoms with Crippen LogP contribution in [-0.2, 0) is 0 Å². The zero-order valence-corrected chi connectivity index (χ0v) is 10.9. The second-order valence-electron chi connectivity index (χ2n) is 2.56. The Morgan fingerprint density at radius 3 is 2.31 bits per heavy atom. The normalized spacial score (nSPS) is 10.3. The molecule has 0 radical (unpaired) electrons. The quantitative estimate of drug-likeness (QED) is 0.737. The van der Waals surface area contributed by atoms with E-state index in [0.717, 1.165) is 18.8 Å². The van der Waals surface area contributed by atoms with Gasteiger partial charge in [-0.05, 0) is 45.2 Å². The molecule has 0 aliphatic heterocycles. The minimum absolute atomic E-state index is 0.939. The smallest absolute Gasteiger partial charge is 0.139 e. The van der Waals surface area contributed by atoms with Gasteiger partial charge in [0.05, 0.1) is 0 Å². The van der Waals surface area contributed by atoms with Gasteiger partial charge in [0.15, 0.2) is 0 Å². The zero-order chi connectivity index (χ0) is 9.26. The second-order valence-corrected chi connectivity index (χ2v) is 4.66. The molecule has 0 amide bonds. The fourth-order valence-corrected chi connectivity index (χ4v) is 1.82. The van der Waals surface area contributed by atoms with Gasteiger partial charge in [0.2, 0.25) is 0 Å². The van der Waals surface area contributed by atoms with Gasteiger partial charge in [-0.2, -0.15) is 0 Å². The summed E-state index contributed by atoms with van der Waals surface area (Å²) in [5, 5.41) is 0. The lowest BCUT2D eigenvalue weighted by atomic mass is 10.2. The molecule has 0 bridgehead atoms. The number of halogens is 2. The number of aromatic amines is 1. The van der Waals surface area contributed by atoms with Crippen LogP contribution in [0.25, 0.3) is 11.4 Å². The van der Waals surface area contributed by atoms with E-state index in [1.807, 2.05) is 30.3 Å². The van der Waals surface area contributed by atoms with Gasteiger partial charge in [0, 0.05) is 5.56 Å². The fraction of sp³-hybridized carbons (Fsp3) is 0. The summed E-state index contributed by atoms with van der Waals surface area (Å²) < 4.78 is 2.12. The Balaban J connectivity index is 2.48. The number of benzene rings is 1. The molecule has 13 heavy (non-hydrogen) atoms. The Morgan fingerprint density at radius 1 is 1.08 bits per heavy atom. The van der Waals surface area contributed by atoms with Crippen LogP contribution in [0.1, 0.15) is 0 Å². The third-order valence-corrected chi connectivity index (χ3v) is 4.26. The minimum atomic E-state index is 0.939. The molecule has 2 nitrogen and oxygen atoms in total. The van der Waals surface area contributed by atoms with Crippen molar-refractivity contribution >= 4 is 45.2 Å². The monoisotopic (exact) mass is 396 g/mol. The molecule has 0 aliphatic rings.